The van der Waals surface area contributed by atoms with Crippen molar-refractivity contribution in [3.05, 3.63) is 87.7 Å². The van der Waals surface area contributed by atoms with Crippen LogP contribution in [-0.4, -0.2) is 25.7 Å². The van der Waals surface area contributed by atoms with Crippen molar-refractivity contribution >= 4 is 28.4 Å². The molecule has 0 aliphatic carbocycles. The highest BCUT2D eigenvalue weighted by Gasteiger charge is 2.07. The summed E-state index contributed by atoms with van der Waals surface area (Å²) >= 11 is 5.90. The maximum absolute atomic E-state index is 12.2. The summed E-state index contributed by atoms with van der Waals surface area (Å²) in [6.45, 7) is 0.400. The van der Waals surface area contributed by atoms with Gasteiger partial charge in [0.25, 0.3) is 5.56 Å². The van der Waals surface area contributed by atoms with E-state index >= 15 is 0 Å². The molecule has 8 heteroatoms. The fraction of sp³-hybridized carbons (Fsp3) is 0.182. The first-order chi connectivity index (χ1) is 14.6. The summed E-state index contributed by atoms with van der Waals surface area (Å²) in [4.78, 5) is 31.5. The van der Waals surface area contributed by atoms with Crippen molar-refractivity contribution in [1.82, 2.24) is 25.1 Å². The number of hydrogen-bond acceptors (Lipinski definition) is 4. The molecule has 0 atom stereocenters. The Balaban J connectivity index is 1.27. The lowest BCUT2D eigenvalue weighted by molar-refractivity contribution is -0.121. The van der Waals surface area contributed by atoms with E-state index in [0.29, 0.717) is 47.6 Å². The smallest absolute Gasteiger partial charge is 0.258 e. The third-order valence-electron chi connectivity index (χ3n) is 4.70. The van der Waals surface area contributed by atoms with Crippen LogP contribution in [0.3, 0.4) is 0 Å². The lowest BCUT2D eigenvalue weighted by Gasteiger charge is -2.05. The van der Waals surface area contributed by atoms with Crippen LogP contribution in [0.25, 0.3) is 16.6 Å². The van der Waals surface area contributed by atoms with Crippen LogP contribution in [0.5, 0.6) is 0 Å². The van der Waals surface area contributed by atoms with Gasteiger partial charge in [0.05, 0.1) is 22.8 Å². The van der Waals surface area contributed by atoms with Gasteiger partial charge in [0.2, 0.25) is 5.91 Å². The van der Waals surface area contributed by atoms with Gasteiger partial charge in [-0.3, -0.25) is 9.59 Å². The van der Waals surface area contributed by atoms with Crippen LogP contribution in [0, 0.1) is 0 Å². The molecule has 2 heterocycles. The minimum absolute atomic E-state index is 0.0580. The largest absolute Gasteiger partial charge is 0.352 e. The van der Waals surface area contributed by atoms with Crippen LogP contribution in [-0.2, 0) is 17.8 Å². The molecule has 7 nitrogen and oxygen atoms in total. The summed E-state index contributed by atoms with van der Waals surface area (Å²) in [7, 11) is 0. The number of carbonyl (C=O) groups excluding carboxylic acids is 1. The summed E-state index contributed by atoms with van der Waals surface area (Å²) < 4.78 is 1.74. The average molecular weight is 422 g/mol. The monoisotopic (exact) mass is 421 g/mol. The van der Waals surface area contributed by atoms with E-state index in [-0.39, 0.29) is 11.5 Å². The standard InChI is InChI=1S/C22H20ClN5O2/c23-16-8-10-17(11-9-16)28-14-15(13-25-28)12-24-21(29)7-3-6-20-26-19-5-2-1-4-18(19)22(30)27-20/h1-2,4-5,8-11,13-14H,3,6-7,12H2,(H,24,29)(H,26,27,30). The quantitative estimate of drug-likeness (QED) is 0.478. The molecule has 0 fully saturated rings. The Kier molecular flexibility index (Phi) is 5.90. The number of aryl methyl sites for hydroxylation is 1. The summed E-state index contributed by atoms with van der Waals surface area (Å²) in [5, 5.41) is 8.44. The van der Waals surface area contributed by atoms with Crippen LogP contribution >= 0.6 is 11.6 Å². The van der Waals surface area contributed by atoms with Gasteiger partial charge >= 0.3 is 0 Å². The number of para-hydroxylation sites is 1. The number of H-pyrrole nitrogens is 1. The molecule has 4 rings (SSSR count). The number of aromatic nitrogens is 4. The Morgan fingerprint density at radius 1 is 1.13 bits per heavy atom. The van der Waals surface area contributed by atoms with Gasteiger partial charge in [0, 0.05) is 36.2 Å². The predicted octanol–water partition coefficient (Wildman–Crippen LogP) is 3.40. The average Bonchev–Trinajstić information content (AvgIpc) is 3.22. The summed E-state index contributed by atoms with van der Waals surface area (Å²) in [5.74, 6) is 0.535. The topological polar surface area (TPSA) is 92.7 Å². The number of rotatable bonds is 7. The molecule has 2 aromatic heterocycles. The lowest BCUT2D eigenvalue weighted by atomic mass is 10.2. The number of nitrogens with zero attached hydrogens (tertiary/aromatic N) is 3. The van der Waals surface area contributed by atoms with E-state index < -0.39 is 0 Å². The van der Waals surface area contributed by atoms with Gasteiger partial charge in [0.15, 0.2) is 0 Å². The molecule has 2 aromatic carbocycles. The van der Waals surface area contributed by atoms with Gasteiger partial charge < -0.3 is 10.3 Å². The van der Waals surface area contributed by atoms with E-state index in [0.717, 1.165) is 11.3 Å². The molecule has 152 valence electrons. The Labute approximate surface area is 177 Å². The number of nitrogens with one attached hydrogen (secondary N) is 2. The molecule has 0 unspecified atom stereocenters. The molecule has 0 aliphatic rings. The molecule has 30 heavy (non-hydrogen) atoms. The van der Waals surface area contributed by atoms with E-state index in [4.69, 9.17) is 11.6 Å². The normalized spacial score (nSPS) is 11.0. The van der Waals surface area contributed by atoms with Crippen molar-refractivity contribution in [2.75, 3.05) is 0 Å². The first kappa shape index (κ1) is 19.8. The minimum Gasteiger partial charge on any atom is -0.352 e. The van der Waals surface area contributed by atoms with Crippen molar-refractivity contribution in [2.24, 2.45) is 0 Å². The number of halogens is 1. The third kappa shape index (κ3) is 4.75. The van der Waals surface area contributed by atoms with Crippen LogP contribution < -0.4 is 10.9 Å². The Bertz CT molecular complexity index is 1230. The highest BCUT2D eigenvalue weighted by atomic mass is 35.5. The maximum atomic E-state index is 12.2. The highest BCUT2D eigenvalue weighted by Crippen LogP contribution is 2.13. The summed E-state index contributed by atoms with van der Waals surface area (Å²) in [6, 6.07) is 14.6. The number of hydrogen-bond donors (Lipinski definition) is 2. The molecule has 0 spiro atoms. The van der Waals surface area contributed by atoms with E-state index in [9.17, 15) is 9.59 Å². The van der Waals surface area contributed by atoms with Crippen LogP contribution in [0.15, 0.2) is 65.7 Å². The van der Waals surface area contributed by atoms with Gasteiger partial charge in [0.1, 0.15) is 5.82 Å². The molecule has 0 bridgehead atoms. The molecule has 4 aromatic rings. The highest BCUT2D eigenvalue weighted by molar-refractivity contribution is 6.30. The van der Waals surface area contributed by atoms with Crippen molar-refractivity contribution in [3.8, 4) is 5.69 Å². The van der Waals surface area contributed by atoms with E-state index in [1.165, 1.54) is 0 Å². The summed E-state index contributed by atoms with van der Waals surface area (Å²) in [5.41, 5.74) is 2.31. The molecular weight excluding hydrogens is 402 g/mol. The molecule has 1 amide bonds. The second-order valence-electron chi connectivity index (χ2n) is 6.93. The van der Waals surface area contributed by atoms with Gasteiger partial charge in [-0.15, -0.1) is 0 Å². The Morgan fingerprint density at radius 2 is 1.93 bits per heavy atom. The van der Waals surface area contributed by atoms with Gasteiger partial charge in [-0.25, -0.2) is 9.67 Å². The fourth-order valence-corrected chi connectivity index (χ4v) is 3.27. The zero-order valence-corrected chi connectivity index (χ0v) is 16.9. The number of aromatic amines is 1. The van der Waals surface area contributed by atoms with Crippen molar-refractivity contribution < 1.29 is 4.79 Å². The second kappa shape index (κ2) is 8.92. The van der Waals surface area contributed by atoms with Gasteiger partial charge in [-0.2, -0.15) is 5.10 Å². The van der Waals surface area contributed by atoms with Crippen molar-refractivity contribution in [1.29, 1.82) is 0 Å². The minimum atomic E-state index is -0.155. The number of fused-ring (bicyclic) bond motifs is 1. The van der Waals surface area contributed by atoms with E-state index in [1.807, 2.05) is 36.5 Å². The van der Waals surface area contributed by atoms with Crippen LogP contribution in [0.2, 0.25) is 5.02 Å². The molecule has 0 saturated carbocycles. The summed E-state index contributed by atoms with van der Waals surface area (Å²) in [6.07, 6.45) is 5.06. The zero-order valence-electron chi connectivity index (χ0n) is 16.1. The fourth-order valence-electron chi connectivity index (χ4n) is 3.15. The van der Waals surface area contributed by atoms with Crippen LogP contribution in [0.1, 0.15) is 24.2 Å². The molecule has 2 N–H and O–H groups in total. The zero-order chi connectivity index (χ0) is 20.9. The first-order valence-electron chi connectivity index (χ1n) is 9.62. The maximum Gasteiger partial charge on any atom is 0.258 e. The number of carbonyl (C=O) groups is 1. The molecule has 0 radical (unpaired) electrons. The predicted molar refractivity (Wildman–Crippen MR) is 116 cm³/mol. The molecular formula is C22H20ClN5O2. The SMILES string of the molecule is O=C(CCCc1nc2ccccc2c(=O)[nH]1)NCc1cnn(-c2ccc(Cl)cc2)c1. The second-order valence-corrected chi connectivity index (χ2v) is 7.37. The van der Waals surface area contributed by atoms with E-state index in [2.05, 4.69) is 20.4 Å². The lowest BCUT2D eigenvalue weighted by Crippen LogP contribution is -2.22. The number of benzene rings is 2. The third-order valence-corrected chi connectivity index (χ3v) is 4.95. The first-order valence-corrected chi connectivity index (χ1v) is 10.0. The number of amides is 1. The Hall–Kier alpha value is -3.45. The van der Waals surface area contributed by atoms with Gasteiger partial charge in [-0.05, 0) is 42.8 Å². The van der Waals surface area contributed by atoms with Crippen molar-refractivity contribution in [3.63, 3.8) is 0 Å². The van der Waals surface area contributed by atoms with Gasteiger partial charge in [-0.1, -0.05) is 23.7 Å². The Morgan fingerprint density at radius 3 is 2.77 bits per heavy atom. The van der Waals surface area contributed by atoms with E-state index in [1.54, 1.807) is 29.1 Å². The van der Waals surface area contributed by atoms with Crippen LogP contribution in [0.4, 0.5) is 0 Å². The molecule has 0 saturated heterocycles. The van der Waals surface area contributed by atoms with Crippen molar-refractivity contribution in [2.45, 2.75) is 25.8 Å². The molecule has 0 aliphatic heterocycles.